The fourth-order valence-corrected chi connectivity index (χ4v) is 1.85. The highest BCUT2D eigenvalue weighted by Gasteiger charge is 2.05. The molecule has 0 spiro atoms. The predicted octanol–water partition coefficient (Wildman–Crippen LogP) is 3.45. The van der Waals surface area contributed by atoms with Crippen LogP contribution in [0.1, 0.15) is 24.9 Å². The average molecular weight is 248 g/mol. The van der Waals surface area contributed by atoms with Gasteiger partial charge in [0.15, 0.2) is 0 Å². The molecule has 0 saturated heterocycles. The van der Waals surface area contributed by atoms with Gasteiger partial charge < -0.3 is 0 Å². The van der Waals surface area contributed by atoms with Crippen LogP contribution in [0.5, 0.6) is 0 Å². The van der Waals surface area contributed by atoms with Crippen LogP contribution in [0.2, 0.25) is 5.15 Å². The molecule has 2 aromatic rings. The number of aryl methyl sites for hydroxylation is 2. The van der Waals surface area contributed by atoms with Gasteiger partial charge in [-0.1, -0.05) is 18.5 Å². The van der Waals surface area contributed by atoms with E-state index in [1.165, 1.54) is 0 Å². The fourth-order valence-electron chi connectivity index (χ4n) is 1.65. The number of halogens is 1. The van der Waals surface area contributed by atoms with Gasteiger partial charge in [0.1, 0.15) is 11.0 Å². The summed E-state index contributed by atoms with van der Waals surface area (Å²) in [5, 5.41) is 0.493. The molecule has 0 saturated carbocycles. The molecule has 17 heavy (non-hydrogen) atoms. The lowest BCUT2D eigenvalue weighted by molar-refractivity contribution is 0.836. The van der Waals surface area contributed by atoms with Gasteiger partial charge in [-0.15, -0.1) is 0 Å². The molecule has 0 aliphatic rings. The molecule has 0 bridgehead atoms. The van der Waals surface area contributed by atoms with E-state index in [1.54, 1.807) is 12.3 Å². The van der Waals surface area contributed by atoms with E-state index in [0.29, 0.717) is 5.15 Å². The lowest BCUT2D eigenvalue weighted by Gasteiger charge is -2.05. The van der Waals surface area contributed by atoms with E-state index >= 15 is 0 Å². The van der Waals surface area contributed by atoms with Crippen LogP contribution in [0.25, 0.3) is 11.3 Å². The minimum atomic E-state index is 0.493. The Morgan fingerprint density at radius 3 is 2.76 bits per heavy atom. The number of hydrogen-bond donors (Lipinski definition) is 0. The van der Waals surface area contributed by atoms with Gasteiger partial charge in [0.2, 0.25) is 0 Å². The van der Waals surface area contributed by atoms with Gasteiger partial charge in [0.25, 0.3) is 0 Å². The molecule has 0 aromatic carbocycles. The fraction of sp³-hybridized carbons (Fsp3) is 0.308. The van der Waals surface area contributed by atoms with E-state index in [-0.39, 0.29) is 0 Å². The molecule has 0 radical (unpaired) electrons. The van der Waals surface area contributed by atoms with Crippen LogP contribution >= 0.6 is 11.6 Å². The minimum Gasteiger partial charge on any atom is -0.262 e. The highest BCUT2D eigenvalue weighted by Crippen LogP contribution is 2.20. The van der Waals surface area contributed by atoms with Crippen molar-refractivity contribution in [3.63, 3.8) is 0 Å². The largest absolute Gasteiger partial charge is 0.262 e. The summed E-state index contributed by atoms with van der Waals surface area (Å²) in [5.41, 5.74) is 2.85. The Morgan fingerprint density at radius 2 is 2.06 bits per heavy atom. The normalized spacial score (nSPS) is 10.5. The number of hydrogen-bond acceptors (Lipinski definition) is 3. The zero-order chi connectivity index (χ0) is 12.3. The molecule has 0 N–H and O–H groups in total. The van der Waals surface area contributed by atoms with Crippen molar-refractivity contribution in [3.05, 3.63) is 41.1 Å². The molecule has 0 aliphatic carbocycles. The van der Waals surface area contributed by atoms with E-state index in [4.69, 9.17) is 11.6 Å². The Morgan fingerprint density at radius 1 is 1.24 bits per heavy atom. The third-order valence-corrected chi connectivity index (χ3v) is 2.60. The van der Waals surface area contributed by atoms with E-state index in [9.17, 15) is 0 Å². The summed E-state index contributed by atoms with van der Waals surface area (Å²) in [6.45, 7) is 4.06. The molecule has 2 rings (SSSR count). The molecule has 2 aromatic heterocycles. The second-order valence-corrected chi connectivity index (χ2v) is 4.32. The quantitative estimate of drug-likeness (QED) is 0.780. The minimum absolute atomic E-state index is 0.493. The van der Waals surface area contributed by atoms with Gasteiger partial charge in [-0.2, -0.15) is 0 Å². The summed E-state index contributed by atoms with van der Waals surface area (Å²) < 4.78 is 0. The number of rotatable bonds is 3. The van der Waals surface area contributed by atoms with Gasteiger partial charge in [-0.25, -0.2) is 9.97 Å². The first kappa shape index (κ1) is 12.0. The van der Waals surface area contributed by atoms with Crippen LogP contribution in [0.3, 0.4) is 0 Å². The van der Waals surface area contributed by atoms with Crippen molar-refractivity contribution in [3.8, 4) is 11.3 Å². The Bertz CT molecular complexity index is 526. The third-order valence-electron chi connectivity index (χ3n) is 2.41. The second kappa shape index (κ2) is 5.23. The summed E-state index contributed by atoms with van der Waals surface area (Å²) in [6.07, 6.45) is 3.63. The molecule has 0 amide bonds. The molecule has 0 aliphatic heterocycles. The molecular weight excluding hydrogens is 234 g/mol. The second-order valence-electron chi connectivity index (χ2n) is 3.93. The van der Waals surface area contributed by atoms with Crippen LogP contribution in [-0.4, -0.2) is 15.0 Å². The van der Waals surface area contributed by atoms with Crippen molar-refractivity contribution in [2.45, 2.75) is 26.7 Å². The Balaban J connectivity index is 2.44. The van der Waals surface area contributed by atoms with Gasteiger partial charge in [-0.3, -0.25) is 4.98 Å². The van der Waals surface area contributed by atoms with Crippen molar-refractivity contribution in [1.82, 2.24) is 15.0 Å². The highest BCUT2D eigenvalue weighted by atomic mass is 35.5. The summed E-state index contributed by atoms with van der Waals surface area (Å²) in [5.74, 6) is 0.796. The van der Waals surface area contributed by atoms with Crippen molar-refractivity contribution >= 4 is 11.6 Å². The van der Waals surface area contributed by atoms with Crippen LogP contribution in [0.4, 0.5) is 0 Å². The Labute approximate surface area is 106 Å². The molecule has 88 valence electrons. The van der Waals surface area contributed by atoms with E-state index in [1.807, 2.05) is 19.1 Å². The lowest BCUT2D eigenvalue weighted by atomic mass is 10.1. The lowest BCUT2D eigenvalue weighted by Crippen LogP contribution is -1.97. The maximum absolute atomic E-state index is 6.01. The maximum Gasteiger partial charge on any atom is 0.133 e. The molecule has 0 unspecified atom stereocenters. The zero-order valence-electron chi connectivity index (χ0n) is 9.94. The van der Waals surface area contributed by atoms with Gasteiger partial charge in [0.05, 0.1) is 5.69 Å². The van der Waals surface area contributed by atoms with Gasteiger partial charge >= 0.3 is 0 Å². The molecule has 0 atom stereocenters. The summed E-state index contributed by atoms with van der Waals surface area (Å²) in [6, 6.07) is 5.71. The predicted molar refractivity (Wildman–Crippen MR) is 69.0 cm³/mol. The van der Waals surface area contributed by atoms with Crippen molar-refractivity contribution < 1.29 is 0 Å². The highest BCUT2D eigenvalue weighted by molar-refractivity contribution is 6.29. The number of aromatic nitrogens is 3. The van der Waals surface area contributed by atoms with E-state index in [2.05, 4.69) is 21.9 Å². The van der Waals surface area contributed by atoms with Crippen molar-refractivity contribution in [2.75, 3.05) is 0 Å². The molecule has 3 nitrogen and oxygen atoms in total. The number of nitrogens with zero attached hydrogens (tertiary/aromatic N) is 3. The number of pyridine rings is 1. The average Bonchev–Trinajstić information content (AvgIpc) is 2.28. The van der Waals surface area contributed by atoms with Crippen LogP contribution in [0, 0.1) is 6.92 Å². The maximum atomic E-state index is 6.01. The Kier molecular flexibility index (Phi) is 3.69. The van der Waals surface area contributed by atoms with Gasteiger partial charge in [-0.05, 0) is 25.5 Å². The topological polar surface area (TPSA) is 38.7 Å². The van der Waals surface area contributed by atoms with Crippen molar-refractivity contribution in [1.29, 1.82) is 0 Å². The standard InChI is InChI=1S/C13H14ClN3/c1-3-4-13-16-11(8-12(14)17-13)10-5-6-15-9(2)7-10/h5-8H,3-4H2,1-2H3. The van der Waals surface area contributed by atoms with Crippen molar-refractivity contribution in [2.24, 2.45) is 0 Å². The monoisotopic (exact) mass is 247 g/mol. The summed E-state index contributed by atoms with van der Waals surface area (Å²) in [7, 11) is 0. The Hall–Kier alpha value is -1.48. The first-order valence-electron chi connectivity index (χ1n) is 5.65. The van der Waals surface area contributed by atoms with Crippen LogP contribution in [-0.2, 0) is 6.42 Å². The zero-order valence-corrected chi connectivity index (χ0v) is 10.7. The molecule has 2 heterocycles. The first-order chi connectivity index (χ1) is 8.19. The molecular formula is C13H14ClN3. The van der Waals surface area contributed by atoms with Gasteiger partial charge in [0, 0.05) is 29.9 Å². The molecule has 4 heteroatoms. The molecule has 0 fully saturated rings. The SMILES string of the molecule is CCCc1nc(Cl)cc(-c2ccnc(C)c2)n1. The third kappa shape index (κ3) is 3.01. The van der Waals surface area contributed by atoms with E-state index < -0.39 is 0 Å². The van der Waals surface area contributed by atoms with E-state index in [0.717, 1.165) is 35.6 Å². The first-order valence-corrected chi connectivity index (χ1v) is 6.03. The van der Waals surface area contributed by atoms with Crippen LogP contribution < -0.4 is 0 Å². The smallest absolute Gasteiger partial charge is 0.133 e. The summed E-state index contributed by atoms with van der Waals surface area (Å²) in [4.78, 5) is 12.9. The summed E-state index contributed by atoms with van der Waals surface area (Å²) >= 11 is 6.01. The van der Waals surface area contributed by atoms with Crippen LogP contribution in [0.15, 0.2) is 24.4 Å².